The fraction of sp³-hybridized carbons (Fsp3) is 0.421. The molecule has 0 amide bonds. The Labute approximate surface area is 172 Å². The highest BCUT2D eigenvalue weighted by atomic mass is 35.5. The van der Waals surface area contributed by atoms with E-state index in [0.29, 0.717) is 54.4 Å². The van der Waals surface area contributed by atoms with E-state index in [9.17, 15) is 4.79 Å². The van der Waals surface area contributed by atoms with Crippen molar-refractivity contribution in [3.8, 4) is 11.3 Å². The second-order valence-electron chi connectivity index (χ2n) is 7.63. The molecule has 0 N–H and O–H groups in total. The normalized spacial score (nSPS) is 15.0. The number of ether oxygens (including phenoxy) is 2. The van der Waals surface area contributed by atoms with Gasteiger partial charge in [0, 0.05) is 31.0 Å². The van der Waals surface area contributed by atoms with E-state index in [2.05, 4.69) is 25.0 Å². The zero-order valence-corrected chi connectivity index (χ0v) is 17.2. The number of morpholine rings is 1. The van der Waals surface area contributed by atoms with Crippen molar-refractivity contribution >= 4 is 34.5 Å². The summed E-state index contributed by atoms with van der Waals surface area (Å²) in [5.41, 5.74) is 1.95. The topological polar surface area (TPSA) is 95.3 Å². The molecule has 9 nitrogen and oxygen atoms in total. The predicted octanol–water partition coefficient (Wildman–Crippen LogP) is 3.16. The first kappa shape index (κ1) is 19.5. The van der Waals surface area contributed by atoms with Crippen LogP contribution in [0.3, 0.4) is 0 Å². The molecular formula is C19H21ClN6O3. The van der Waals surface area contributed by atoms with Gasteiger partial charge in [-0.3, -0.25) is 0 Å². The monoisotopic (exact) mass is 416 g/mol. The maximum Gasteiger partial charge on any atom is 0.435 e. The van der Waals surface area contributed by atoms with E-state index in [1.807, 2.05) is 6.07 Å². The van der Waals surface area contributed by atoms with Gasteiger partial charge in [-0.05, 0) is 44.5 Å². The number of hydrogen-bond donors (Lipinski definition) is 0. The van der Waals surface area contributed by atoms with Crippen molar-refractivity contribution in [1.82, 2.24) is 24.7 Å². The van der Waals surface area contributed by atoms with Crippen molar-refractivity contribution in [2.45, 2.75) is 26.4 Å². The summed E-state index contributed by atoms with van der Waals surface area (Å²) in [5, 5.41) is 4.46. The molecule has 0 bridgehead atoms. The lowest BCUT2D eigenvalue weighted by molar-refractivity contribution is 0.0515. The second kappa shape index (κ2) is 7.57. The fourth-order valence-corrected chi connectivity index (χ4v) is 3.17. The quantitative estimate of drug-likeness (QED) is 0.588. The smallest absolute Gasteiger partial charge is 0.435 e. The number of rotatable bonds is 2. The first-order valence-corrected chi connectivity index (χ1v) is 9.63. The van der Waals surface area contributed by atoms with Gasteiger partial charge in [-0.15, -0.1) is 0 Å². The Kier molecular flexibility index (Phi) is 5.10. The lowest BCUT2D eigenvalue weighted by atomic mass is 10.2. The second-order valence-corrected chi connectivity index (χ2v) is 7.97. The fourth-order valence-electron chi connectivity index (χ4n) is 3.00. The molecule has 1 saturated heterocycles. The van der Waals surface area contributed by atoms with Gasteiger partial charge in [0.15, 0.2) is 5.82 Å². The first-order valence-electron chi connectivity index (χ1n) is 9.25. The third kappa shape index (κ3) is 4.30. The van der Waals surface area contributed by atoms with Crippen molar-refractivity contribution in [3.05, 3.63) is 29.8 Å². The number of carbonyl (C=O) groups is 1. The van der Waals surface area contributed by atoms with Crippen molar-refractivity contribution < 1.29 is 14.3 Å². The summed E-state index contributed by atoms with van der Waals surface area (Å²) in [5.74, 6) is 0.689. The number of aromatic nitrogens is 5. The van der Waals surface area contributed by atoms with Crippen LogP contribution in [0.5, 0.6) is 0 Å². The largest absolute Gasteiger partial charge is 0.442 e. The Bertz CT molecular complexity index is 1060. The molecular weight excluding hydrogens is 396 g/mol. The first-order chi connectivity index (χ1) is 13.8. The maximum atomic E-state index is 12.2. The molecule has 1 aliphatic heterocycles. The molecule has 29 heavy (non-hydrogen) atoms. The van der Waals surface area contributed by atoms with Crippen molar-refractivity contribution in [3.63, 3.8) is 0 Å². The lowest BCUT2D eigenvalue weighted by Gasteiger charge is -2.28. The molecule has 152 valence electrons. The average Bonchev–Trinajstić information content (AvgIpc) is 3.16. The van der Waals surface area contributed by atoms with Gasteiger partial charge in [-0.25, -0.2) is 14.8 Å². The molecule has 0 saturated carbocycles. The highest BCUT2D eigenvalue weighted by Crippen LogP contribution is 2.27. The van der Waals surface area contributed by atoms with E-state index in [1.165, 1.54) is 0 Å². The van der Waals surface area contributed by atoms with Gasteiger partial charge < -0.3 is 14.4 Å². The minimum absolute atomic E-state index is 0.150. The van der Waals surface area contributed by atoms with E-state index in [1.54, 1.807) is 39.2 Å². The predicted molar refractivity (Wildman–Crippen MR) is 108 cm³/mol. The maximum absolute atomic E-state index is 12.2. The summed E-state index contributed by atoms with van der Waals surface area (Å²) in [6.45, 7) is 8.10. The Morgan fingerprint density at radius 1 is 1.24 bits per heavy atom. The summed E-state index contributed by atoms with van der Waals surface area (Å²) in [7, 11) is 0. The molecule has 0 radical (unpaired) electrons. The van der Waals surface area contributed by atoms with Gasteiger partial charge in [0.2, 0.25) is 5.28 Å². The molecule has 0 atom stereocenters. The van der Waals surface area contributed by atoms with E-state index < -0.39 is 11.7 Å². The van der Waals surface area contributed by atoms with Crippen LogP contribution in [0, 0.1) is 0 Å². The standard InChI is InChI=1S/C19H21ClN6O3/c1-19(2,3)29-18(27)26-5-4-13(24-26)12-10-14-15(21-11-12)16(23-17(20)22-14)25-6-8-28-9-7-25/h4-5,10-11H,6-9H2,1-3H3. The van der Waals surface area contributed by atoms with Crippen LogP contribution < -0.4 is 4.90 Å². The van der Waals surface area contributed by atoms with E-state index in [-0.39, 0.29) is 5.28 Å². The summed E-state index contributed by atoms with van der Waals surface area (Å²) in [6, 6.07) is 3.56. The molecule has 1 fully saturated rings. The Hall–Kier alpha value is -2.78. The molecule has 10 heteroatoms. The molecule has 1 aliphatic rings. The number of anilines is 1. The van der Waals surface area contributed by atoms with Crippen LogP contribution in [0.25, 0.3) is 22.3 Å². The molecule has 0 aromatic carbocycles. The van der Waals surface area contributed by atoms with Gasteiger partial charge in [-0.1, -0.05) is 0 Å². The van der Waals surface area contributed by atoms with Crippen molar-refractivity contribution in [2.24, 2.45) is 0 Å². The summed E-state index contributed by atoms with van der Waals surface area (Å²) >= 11 is 6.16. The van der Waals surface area contributed by atoms with Gasteiger partial charge in [0.25, 0.3) is 0 Å². The van der Waals surface area contributed by atoms with Crippen LogP contribution in [0.2, 0.25) is 5.28 Å². The van der Waals surface area contributed by atoms with E-state index in [0.717, 1.165) is 4.68 Å². The number of nitrogens with zero attached hydrogens (tertiary/aromatic N) is 6. The molecule has 4 rings (SSSR count). The molecule has 3 aromatic heterocycles. The van der Waals surface area contributed by atoms with Gasteiger partial charge in [-0.2, -0.15) is 14.8 Å². The summed E-state index contributed by atoms with van der Waals surface area (Å²) in [4.78, 5) is 27.5. The minimum atomic E-state index is -0.600. The van der Waals surface area contributed by atoms with Crippen LogP contribution >= 0.6 is 11.6 Å². The molecule has 0 unspecified atom stereocenters. The highest BCUT2D eigenvalue weighted by molar-refractivity contribution is 6.28. The van der Waals surface area contributed by atoms with Gasteiger partial charge >= 0.3 is 6.09 Å². The Morgan fingerprint density at radius 3 is 2.72 bits per heavy atom. The Morgan fingerprint density at radius 2 is 2.00 bits per heavy atom. The number of hydrogen-bond acceptors (Lipinski definition) is 8. The van der Waals surface area contributed by atoms with Crippen LogP contribution in [-0.4, -0.2) is 62.7 Å². The molecule has 0 aliphatic carbocycles. The average molecular weight is 417 g/mol. The van der Waals surface area contributed by atoms with Crippen LogP contribution in [0.4, 0.5) is 10.6 Å². The SMILES string of the molecule is CC(C)(C)OC(=O)n1ccc(-c2cnc3c(N4CCOCC4)nc(Cl)nc3c2)n1. The summed E-state index contributed by atoms with van der Waals surface area (Å²) in [6.07, 6.45) is 2.70. The zero-order valence-electron chi connectivity index (χ0n) is 16.4. The summed E-state index contributed by atoms with van der Waals surface area (Å²) < 4.78 is 11.9. The van der Waals surface area contributed by atoms with Crippen LogP contribution in [0.1, 0.15) is 20.8 Å². The lowest BCUT2D eigenvalue weighted by Crippen LogP contribution is -2.37. The van der Waals surface area contributed by atoms with E-state index in [4.69, 9.17) is 21.1 Å². The number of pyridine rings is 1. The van der Waals surface area contributed by atoms with Crippen molar-refractivity contribution in [1.29, 1.82) is 0 Å². The van der Waals surface area contributed by atoms with Gasteiger partial charge in [0.1, 0.15) is 11.1 Å². The number of fused-ring (bicyclic) bond motifs is 1. The molecule has 0 spiro atoms. The highest BCUT2D eigenvalue weighted by Gasteiger charge is 2.20. The molecule has 4 heterocycles. The third-order valence-electron chi connectivity index (χ3n) is 4.27. The van der Waals surface area contributed by atoms with Crippen molar-refractivity contribution in [2.75, 3.05) is 31.2 Å². The van der Waals surface area contributed by atoms with Crippen LogP contribution in [0.15, 0.2) is 24.5 Å². The molecule has 3 aromatic rings. The third-order valence-corrected chi connectivity index (χ3v) is 4.44. The zero-order chi connectivity index (χ0) is 20.6. The van der Waals surface area contributed by atoms with E-state index >= 15 is 0 Å². The van der Waals surface area contributed by atoms with Crippen LogP contribution in [-0.2, 0) is 9.47 Å². The Balaban J connectivity index is 1.67. The number of carbonyl (C=O) groups excluding carboxylic acids is 1. The minimum Gasteiger partial charge on any atom is -0.442 e. The number of halogens is 1. The van der Waals surface area contributed by atoms with Gasteiger partial charge in [0.05, 0.1) is 24.4 Å².